The van der Waals surface area contributed by atoms with E-state index < -0.39 is 0 Å². The third-order valence-electron chi connectivity index (χ3n) is 4.94. The summed E-state index contributed by atoms with van der Waals surface area (Å²) in [5.41, 5.74) is 0.929. The van der Waals surface area contributed by atoms with Crippen molar-refractivity contribution in [2.75, 3.05) is 13.6 Å². The summed E-state index contributed by atoms with van der Waals surface area (Å²) in [6, 6.07) is 5.59. The Bertz CT molecular complexity index is 462. The van der Waals surface area contributed by atoms with Crippen molar-refractivity contribution in [3.8, 4) is 5.75 Å². The molecule has 3 rings (SSSR count). The minimum Gasteiger partial charge on any atom is -0.506 e. The van der Waals surface area contributed by atoms with Gasteiger partial charge < -0.3 is 10.0 Å². The maximum Gasteiger partial charge on any atom is 0.138 e. The zero-order valence-electron chi connectivity index (χ0n) is 11.5. The molecule has 1 aromatic carbocycles. The van der Waals surface area contributed by atoms with E-state index in [0.29, 0.717) is 5.02 Å². The molecule has 1 aromatic rings. The molecule has 0 radical (unpaired) electrons. The van der Waals surface area contributed by atoms with Crippen LogP contribution < -0.4 is 0 Å². The van der Waals surface area contributed by atoms with Crippen LogP contribution in [0.5, 0.6) is 5.75 Å². The van der Waals surface area contributed by atoms with Gasteiger partial charge in [-0.15, -0.1) is 0 Å². The van der Waals surface area contributed by atoms with Crippen LogP contribution in [0.4, 0.5) is 0 Å². The molecule has 19 heavy (non-hydrogen) atoms. The fraction of sp³-hybridized carbons (Fsp3) is 0.625. The highest BCUT2D eigenvalue weighted by Crippen LogP contribution is 2.48. The van der Waals surface area contributed by atoms with Gasteiger partial charge in [0.2, 0.25) is 0 Å². The second-order valence-corrected chi connectivity index (χ2v) is 6.79. The number of benzene rings is 1. The quantitative estimate of drug-likeness (QED) is 0.903. The Kier molecular flexibility index (Phi) is 3.72. The van der Waals surface area contributed by atoms with Crippen molar-refractivity contribution in [1.82, 2.24) is 4.90 Å². The number of para-hydroxylation sites is 1. The molecule has 0 spiro atoms. The van der Waals surface area contributed by atoms with Crippen molar-refractivity contribution in [1.29, 1.82) is 0 Å². The van der Waals surface area contributed by atoms with Gasteiger partial charge in [0.1, 0.15) is 5.75 Å². The molecule has 2 bridgehead atoms. The molecule has 2 fully saturated rings. The average molecular weight is 280 g/mol. The maximum absolute atomic E-state index is 9.95. The van der Waals surface area contributed by atoms with Crippen molar-refractivity contribution in [3.63, 3.8) is 0 Å². The van der Waals surface area contributed by atoms with Crippen molar-refractivity contribution < 1.29 is 5.11 Å². The van der Waals surface area contributed by atoms with E-state index in [0.717, 1.165) is 36.4 Å². The molecule has 3 unspecified atom stereocenters. The summed E-state index contributed by atoms with van der Waals surface area (Å²) in [4.78, 5) is 2.33. The lowest BCUT2D eigenvalue weighted by Gasteiger charge is -2.27. The van der Waals surface area contributed by atoms with Crippen LogP contribution in [0.15, 0.2) is 18.2 Å². The highest BCUT2D eigenvalue weighted by Gasteiger charge is 2.39. The van der Waals surface area contributed by atoms with E-state index >= 15 is 0 Å². The monoisotopic (exact) mass is 279 g/mol. The van der Waals surface area contributed by atoms with Crippen LogP contribution in [0.1, 0.15) is 31.2 Å². The minimum atomic E-state index is 0.240. The van der Waals surface area contributed by atoms with Crippen molar-refractivity contribution >= 4 is 11.6 Å². The highest BCUT2D eigenvalue weighted by atomic mass is 35.5. The summed E-state index contributed by atoms with van der Waals surface area (Å²) in [5, 5.41) is 10.4. The number of hydrogen-bond acceptors (Lipinski definition) is 2. The number of aromatic hydroxyl groups is 1. The van der Waals surface area contributed by atoms with Gasteiger partial charge in [-0.3, -0.25) is 0 Å². The van der Waals surface area contributed by atoms with E-state index in [4.69, 9.17) is 11.6 Å². The Hall–Kier alpha value is -0.730. The van der Waals surface area contributed by atoms with Crippen molar-refractivity contribution in [2.45, 2.75) is 32.2 Å². The third kappa shape index (κ3) is 2.75. The molecule has 0 aromatic heterocycles. The van der Waals surface area contributed by atoms with Crippen LogP contribution in [-0.4, -0.2) is 23.6 Å². The average Bonchev–Trinajstić information content (AvgIpc) is 2.97. The smallest absolute Gasteiger partial charge is 0.138 e. The molecule has 2 saturated carbocycles. The molecule has 2 aliphatic rings. The fourth-order valence-corrected chi connectivity index (χ4v) is 4.24. The molecule has 0 heterocycles. The summed E-state index contributed by atoms with van der Waals surface area (Å²) in [5.74, 6) is 3.07. The molecular weight excluding hydrogens is 258 g/mol. The lowest BCUT2D eigenvalue weighted by atomic mass is 9.88. The van der Waals surface area contributed by atoms with E-state index in [1.165, 1.54) is 25.7 Å². The molecular formula is C16H22ClNO. The van der Waals surface area contributed by atoms with Crippen LogP contribution >= 0.6 is 11.6 Å². The molecule has 104 valence electrons. The van der Waals surface area contributed by atoms with Crippen molar-refractivity contribution in [3.05, 3.63) is 28.8 Å². The number of rotatable bonds is 4. The summed E-state index contributed by atoms with van der Waals surface area (Å²) in [7, 11) is 2.15. The Morgan fingerprint density at radius 3 is 2.84 bits per heavy atom. The van der Waals surface area contributed by atoms with E-state index in [-0.39, 0.29) is 5.75 Å². The molecule has 3 heteroatoms. The lowest BCUT2D eigenvalue weighted by molar-refractivity contribution is 0.213. The van der Waals surface area contributed by atoms with Crippen molar-refractivity contribution in [2.24, 2.45) is 17.8 Å². The molecule has 0 saturated heterocycles. The van der Waals surface area contributed by atoms with Gasteiger partial charge in [0.25, 0.3) is 0 Å². The van der Waals surface area contributed by atoms with E-state index in [2.05, 4.69) is 11.9 Å². The molecule has 2 aliphatic carbocycles. The van der Waals surface area contributed by atoms with Crippen LogP contribution in [0, 0.1) is 17.8 Å². The number of hydrogen-bond donors (Lipinski definition) is 1. The van der Waals surface area contributed by atoms with Crippen LogP contribution in [-0.2, 0) is 6.54 Å². The van der Waals surface area contributed by atoms with E-state index in [1.807, 2.05) is 12.1 Å². The van der Waals surface area contributed by atoms with E-state index in [1.54, 1.807) is 6.07 Å². The summed E-state index contributed by atoms with van der Waals surface area (Å²) in [6.45, 7) is 1.92. The Morgan fingerprint density at radius 1 is 1.32 bits per heavy atom. The first-order chi connectivity index (χ1) is 9.13. The number of fused-ring (bicyclic) bond motifs is 2. The molecule has 1 N–H and O–H groups in total. The third-order valence-corrected chi connectivity index (χ3v) is 5.25. The van der Waals surface area contributed by atoms with Gasteiger partial charge in [0, 0.05) is 18.7 Å². The SMILES string of the molecule is CN(Cc1cccc(Cl)c1O)CC1CC2CCC1C2. The molecule has 2 nitrogen and oxygen atoms in total. The Labute approximate surface area is 120 Å². The summed E-state index contributed by atoms with van der Waals surface area (Å²) >= 11 is 5.95. The van der Waals surface area contributed by atoms with E-state index in [9.17, 15) is 5.11 Å². The predicted molar refractivity (Wildman–Crippen MR) is 78.4 cm³/mol. The van der Waals surface area contributed by atoms with Gasteiger partial charge >= 0.3 is 0 Å². The second-order valence-electron chi connectivity index (χ2n) is 6.38. The van der Waals surface area contributed by atoms with Crippen LogP contribution in [0.3, 0.4) is 0 Å². The first-order valence-corrected chi connectivity index (χ1v) is 7.66. The molecule has 0 aliphatic heterocycles. The normalized spacial score (nSPS) is 29.3. The van der Waals surface area contributed by atoms with Gasteiger partial charge in [-0.05, 0) is 50.1 Å². The Morgan fingerprint density at radius 2 is 2.16 bits per heavy atom. The zero-order valence-corrected chi connectivity index (χ0v) is 12.2. The first kappa shape index (κ1) is 13.3. The van der Waals surface area contributed by atoms with Crippen LogP contribution in [0.25, 0.3) is 0 Å². The summed E-state index contributed by atoms with van der Waals surface area (Å²) < 4.78 is 0. The Balaban J connectivity index is 1.59. The van der Waals surface area contributed by atoms with Gasteiger partial charge in [0.05, 0.1) is 5.02 Å². The molecule has 0 amide bonds. The van der Waals surface area contributed by atoms with Gasteiger partial charge in [-0.1, -0.05) is 30.2 Å². The predicted octanol–water partition coefficient (Wildman–Crippen LogP) is 3.91. The molecule has 3 atom stereocenters. The topological polar surface area (TPSA) is 23.5 Å². The number of phenols is 1. The lowest BCUT2D eigenvalue weighted by Crippen LogP contribution is -2.28. The number of nitrogens with zero attached hydrogens (tertiary/aromatic N) is 1. The standard InChI is InChI=1S/C16H22ClNO/c1-18(9-13-3-2-4-15(17)16(13)19)10-14-8-11-5-6-12(14)7-11/h2-4,11-12,14,19H,5-10H2,1H3. The maximum atomic E-state index is 9.95. The number of phenolic OH excluding ortho intramolecular Hbond substituents is 1. The summed E-state index contributed by atoms with van der Waals surface area (Å²) in [6.07, 6.45) is 5.77. The largest absolute Gasteiger partial charge is 0.506 e. The first-order valence-electron chi connectivity index (χ1n) is 7.28. The second kappa shape index (κ2) is 5.34. The van der Waals surface area contributed by atoms with Gasteiger partial charge in [-0.2, -0.15) is 0 Å². The fourth-order valence-electron chi connectivity index (χ4n) is 4.04. The highest BCUT2D eigenvalue weighted by molar-refractivity contribution is 6.32. The van der Waals surface area contributed by atoms with Crippen LogP contribution in [0.2, 0.25) is 5.02 Å². The number of halogens is 1. The zero-order chi connectivity index (χ0) is 13.4. The minimum absolute atomic E-state index is 0.240. The van der Waals surface area contributed by atoms with Gasteiger partial charge in [0.15, 0.2) is 0 Å². The van der Waals surface area contributed by atoms with Gasteiger partial charge in [-0.25, -0.2) is 0 Å².